The van der Waals surface area contributed by atoms with E-state index in [1.807, 2.05) is 0 Å². The third-order valence-electron chi connectivity index (χ3n) is 4.28. The van der Waals surface area contributed by atoms with Gasteiger partial charge in [-0.25, -0.2) is 0 Å². The van der Waals surface area contributed by atoms with Crippen LogP contribution in [0.5, 0.6) is 0 Å². The molecule has 0 amide bonds. The molecule has 0 radical (unpaired) electrons. The SMILES string of the molecule is CC1CC2C(CC1[NH2+]C=CC1=CC1)[NH+]([O-])O[NH+]2[O-]. The van der Waals surface area contributed by atoms with Crippen LogP contribution in [0.3, 0.4) is 0 Å². The summed E-state index contributed by atoms with van der Waals surface area (Å²) in [5, 5.41) is 24.6. The second-order valence-corrected chi connectivity index (χ2v) is 5.60. The van der Waals surface area contributed by atoms with Crippen molar-refractivity contribution >= 4 is 0 Å². The van der Waals surface area contributed by atoms with Gasteiger partial charge in [-0.2, -0.15) is 10.5 Å². The van der Waals surface area contributed by atoms with Crippen LogP contribution in [0.1, 0.15) is 26.2 Å². The minimum atomic E-state index is -0.316. The predicted octanol–water partition coefficient (Wildman–Crippen LogP) is -2.45. The van der Waals surface area contributed by atoms with Crippen molar-refractivity contribution < 1.29 is 20.7 Å². The lowest BCUT2D eigenvalue weighted by Gasteiger charge is -2.32. The number of hydrogen-bond donors (Lipinski definition) is 3. The van der Waals surface area contributed by atoms with Crippen LogP contribution in [0.15, 0.2) is 23.9 Å². The van der Waals surface area contributed by atoms with E-state index >= 15 is 0 Å². The van der Waals surface area contributed by atoms with Crippen molar-refractivity contribution in [3.8, 4) is 0 Å². The maximum Gasteiger partial charge on any atom is 0.183 e. The van der Waals surface area contributed by atoms with E-state index in [4.69, 9.17) is 4.94 Å². The van der Waals surface area contributed by atoms with E-state index in [0.29, 0.717) is 12.0 Å². The Kier molecular flexibility index (Phi) is 3.23. The van der Waals surface area contributed by atoms with Crippen LogP contribution in [0, 0.1) is 16.3 Å². The van der Waals surface area contributed by atoms with Crippen molar-refractivity contribution in [3.05, 3.63) is 34.3 Å². The van der Waals surface area contributed by atoms with Crippen LogP contribution < -0.4 is 15.8 Å². The molecule has 0 bridgehead atoms. The molecule has 0 aromatic heterocycles. The van der Waals surface area contributed by atoms with Crippen LogP contribution in [0.4, 0.5) is 0 Å². The average Bonchev–Trinajstić information content (AvgIpc) is 3.10. The zero-order chi connectivity index (χ0) is 12.7. The number of nitrogens with one attached hydrogen (secondary N) is 2. The van der Waals surface area contributed by atoms with Gasteiger partial charge in [0.25, 0.3) is 0 Å². The van der Waals surface area contributed by atoms with Gasteiger partial charge in [0.1, 0.15) is 0 Å². The van der Waals surface area contributed by atoms with E-state index in [9.17, 15) is 10.4 Å². The summed E-state index contributed by atoms with van der Waals surface area (Å²) in [6.45, 7) is 2.15. The zero-order valence-corrected chi connectivity index (χ0v) is 10.5. The van der Waals surface area contributed by atoms with Crippen LogP contribution in [-0.2, 0) is 4.94 Å². The molecule has 6 atom stereocenters. The topological polar surface area (TPSA) is 80.8 Å². The van der Waals surface area contributed by atoms with Crippen molar-refractivity contribution in [3.63, 3.8) is 0 Å². The molecule has 0 spiro atoms. The maximum absolute atomic E-state index is 11.6. The van der Waals surface area contributed by atoms with Gasteiger partial charge in [-0.15, -0.1) is 0 Å². The molecule has 1 saturated heterocycles. The zero-order valence-electron chi connectivity index (χ0n) is 10.5. The number of allylic oxidation sites excluding steroid dienone is 3. The highest BCUT2D eigenvalue weighted by Crippen LogP contribution is 2.22. The van der Waals surface area contributed by atoms with Crippen LogP contribution >= 0.6 is 0 Å². The molecule has 3 rings (SSSR count). The minimum absolute atomic E-state index is 0.188. The lowest BCUT2D eigenvalue weighted by Crippen LogP contribution is -3.18. The second-order valence-electron chi connectivity index (χ2n) is 5.60. The molecule has 1 heterocycles. The number of hydrogen-bond acceptors (Lipinski definition) is 3. The van der Waals surface area contributed by atoms with Gasteiger partial charge in [-0.05, 0) is 23.0 Å². The van der Waals surface area contributed by atoms with E-state index in [-0.39, 0.29) is 22.5 Å². The molecule has 3 aliphatic rings. The summed E-state index contributed by atoms with van der Waals surface area (Å²) in [6.07, 6.45) is 9.01. The molecule has 2 fully saturated rings. The molecule has 4 N–H and O–H groups in total. The van der Waals surface area contributed by atoms with Crippen molar-refractivity contribution in [1.29, 1.82) is 0 Å². The molecule has 1 saturated carbocycles. The summed E-state index contributed by atoms with van der Waals surface area (Å²) < 4.78 is 0. The Morgan fingerprint density at radius 1 is 1.33 bits per heavy atom. The molecule has 100 valence electrons. The fourth-order valence-corrected chi connectivity index (χ4v) is 2.99. The molecule has 6 unspecified atom stereocenters. The Hall–Kier alpha value is -0.760. The van der Waals surface area contributed by atoms with Crippen LogP contribution in [0.2, 0.25) is 0 Å². The molecule has 2 aliphatic carbocycles. The first-order valence-electron chi connectivity index (χ1n) is 6.61. The first kappa shape index (κ1) is 12.3. The number of quaternary nitrogens is 3. The third-order valence-corrected chi connectivity index (χ3v) is 4.28. The van der Waals surface area contributed by atoms with E-state index in [0.717, 1.165) is 19.3 Å². The Morgan fingerprint density at radius 2 is 2.00 bits per heavy atom. The maximum atomic E-state index is 11.6. The highest BCUT2D eigenvalue weighted by molar-refractivity contribution is 5.32. The lowest BCUT2D eigenvalue weighted by molar-refractivity contribution is -1.27. The predicted molar refractivity (Wildman–Crippen MR) is 63.3 cm³/mol. The highest BCUT2D eigenvalue weighted by atomic mass is 17.1. The summed E-state index contributed by atoms with van der Waals surface area (Å²) in [5.74, 6) is 0.433. The Labute approximate surface area is 106 Å². The molecular formula is C12H20N3O3+. The molecular weight excluding hydrogens is 234 g/mol. The first-order chi connectivity index (χ1) is 8.65. The van der Waals surface area contributed by atoms with E-state index < -0.39 is 0 Å². The van der Waals surface area contributed by atoms with Gasteiger partial charge in [-0.1, -0.05) is 13.0 Å². The highest BCUT2D eigenvalue weighted by Gasteiger charge is 2.51. The third kappa shape index (κ3) is 2.35. The largest absolute Gasteiger partial charge is 0.595 e. The summed E-state index contributed by atoms with van der Waals surface area (Å²) in [6, 6.07) is -0.0175. The molecule has 6 nitrogen and oxygen atoms in total. The van der Waals surface area contributed by atoms with E-state index in [1.54, 1.807) is 0 Å². The van der Waals surface area contributed by atoms with Gasteiger partial charge in [0, 0.05) is 12.3 Å². The number of fused-ring (bicyclic) bond motifs is 1. The van der Waals surface area contributed by atoms with Gasteiger partial charge in [0.05, 0.1) is 18.7 Å². The van der Waals surface area contributed by atoms with E-state index in [2.05, 4.69) is 30.6 Å². The van der Waals surface area contributed by atoms with Crippen molar-refractivity contribution in [2.24, 2.45) is 5.92 Å². The van der Waals surface area contributed by atoms with Gasteiger partial charge >= 0.3 is 0 Å². The van der Waals surface area contributed by atoms with Gasteiger partial charge < -0.3 is 15.7 Å². The monoisotopic (exact) mass is 254 g/mol. The summed E-state index contributed by atoms with van der Waals surface area (Å²) in [4.78, 5) is 4.74. The lowest BCUT2D eigenvalue weighted by atomic mass is 9.80. The average molecular weight is 254 g/mol. The Bertz CT molecular complexity index is 385. The summed E-state index contributed by atoms with van der Waals surface area (Å²) >= 11 is 0. The minimum Gasteiger partial charge on any atom is -0.595 e. The molecule has 0 aromatic rings. The number of hydroxylamine groups is 4. The van der Waals surface area contributed by atoms with Crippen molar-refractivity contribution in [2.75, 3.05) is 0 Å². The Morgan fingerprint density at radius 3 is 2.67 bits per heavy atom. The van der Waals surface area contributed by atoms with Gasteiger partial charge in [-0.3, -0.25) is 0 Å². The van der Waals surface area contributed by atoms with Crippen LogP contribution in [-0.4, -0.2) is 18.1 Å². The fraction of sp³-hybridized carbons (Fsp3) is 0.667. The molecule has 1 aliphatic heterocycles. The molecule has 0 aromatic carbocycles. The first-order valence-corrected chi connectivity index (χ1v) is 6.61. The second kappa shape index (κ2) is 4.73. The number of nitrogens with two attached hydrogens (primary N) is 1. The van der Waals surface area contributed by atoms with Gasteiger partial charge in [0.15, 0.2) is 12.1 Å². The fourth-order valence-electron chi connectivity index (χ4n) is 2.99. The van der Waals surface area contributed by atoms with Crippen molar-refractivity contribution in [1.82, 2.24) is 0 Å². The summed E-state index contributed by atoms with van der Waals surface area (Å²) in [5.41, 5.74) is 1.38. The normalized spacial score (nSPS) is 47.2. The molecule has 18 heavy (non-hydrogen) atoms. The van der Waals surface area contributed by atoms with Gasteiger partial charge in [0.2, 0.25) is 0 Å². The quantitative estimate of drug-likeness (QED) is 0.489. The van der Waals surface area contributed by atoms with E-state index in [1.165, 1.54) is 5.57 Å². The molecule has 6 heteroatoms. The van der Waals surface area contributed by atoms with Crippen LogP contribution in [0.25, 0.3) is 0 Å². The standard InChI is InChI=1S/C12H19N3O3/c1-8-6-11-12(15(17)18-14(11)16)7-10(8)13-5-4-9-2-3-9/h2,4-5,8,10-15H,3,6-7H2,1H3/p+1. The number of rotatable bonds is 3. The Balaban J connectivity index is 1.60. The summed E-state index contributed by atoms with van der Waals surface area (Å²) in [7, 11) is 0. The smallest absolute Gasteiger partial charge is 0.183 e. The van der Waals surface area contributed by atoms with Crippen molar-refractivity contribution in [2.45, 2.75) is 44.3 Å².